The molecule has 0 spiro atoms. The highest BCUT2D eigenvalue weighted by atomic mass is 16.5. The van der Waals surface area contributed by atoms with Crippen molar-refractivity contribution in [1.29, 1.82) is 0 Å². The van der Waals surface area contributed by atoms with Gasteiger partial charge in [-0.15, -0.1) is 0 Å². The molecule has 7 heteroatoms. The standard InChI is InChI=1S/C28H31N5O2/c1-19-12-14-29-17-25(19)32(3)26-24-13-15-33(27(24)31-18-30-26)28(34)20(2)21-8-7-11-23(16-21)35-22-9-5-4-6-10-22/h4-11,13,15-16,18-20,25,29H,12,14,17H2,1-3H3/t19-,20?,25+/m1/s1. The van der Waals surface area contributed by atoms with E-state index < -0.39 is 0 Å². The first-order valence-electron chi connectivity index (χ1n) is 12.2. The van der Waals surface area contributed by atoms with Crippen LogP contribution in [-0.4, -0.2) is 46.6 Å². The highest BCUT2D eigenvalue weighted by Crippen LogP contribution is 2.30. The zero-order valence-electron chi connectivity index (χ0n) is 20.4. The van der Waals surface area contributed by atoms with E-state index in [1.165, 1.54) is 0 Å². The zero-order chi connectivity index (χ0) is 24.4. The molecule has 1 fully saturated rings. The summed E-state index contributed by atoms with van der Waals surface area (Å²) in [6.45, 7) is 6.16. The van der Waals surface area contributed by atoms with Crippen LogP contribution in [0, 0.1) is 5.92 Å². The minimum Gasteiger partial charge on any atom is -0.457 e. The van der Waals surface area contributed by atoms with Crippen molar-refractivity contribution in [3.63, 3.8) is 0 Å². The second-order valence-electron chi connectivity index (χ2n) is 9.32. The number of piperidine rings is 1. The first kappa shape index (κ1) is 23.1. The zero-order valence-corrected chi connectivity index (χ0v) is 20.4. The van der Waals surface area contributed by atoms with Gasteiger partial charge in [-0.25, -0.2) is 9.97 Å². The Balaban J connectivity index is 1.40. The molecular formula is C28H31N5O2. The molecule has 35 heavy (non-hydrogen) atoms. The van der Waals surface area contributed by atoms with Crippen LogP contribution in [0.15, 0.2) is 73.2 Å². The molecule has 4 aromatic rings. The van der Waals surface area contributed by atoms with Crippen molar-refractivity contribution in [3.05, 3.63) is 78.8 Å². The molecule has 3 atom stereocenters. The molecule has 1 saturated heterocycles. The second-order valence-corrected chi connectivity index (χ2v) is 9.32. The summed E-state index contributed by atoms with van der Waals surface area (Å²) >= 11 is 0. The number of para-hydroxylation sites is 1. The number of rotatable bonds is 6. The predicted molar refractivity (Wildman–Crippen MR) is 138 cm³/mol. The number of nitrogens with one attached hydrogen (secondary N) is 1. The van der Waals surface area contributed by atoms with E-state index in [-0.39, 0.29) is 11.8 Å². The van der Waals surface area contributed by atoms with Crippen LogP contribution in [0.1, 0.15) is 36.5 Å². The number of carbonyl (C=O) groups is 1. The van der Waals surface area contributed by atoms with Crippen LogP contribution < -0.4 is 15.0 Å². The van der Waals surface area contributed by atoms with E-state index in [2.05, 4.69) is 34.2 Å². The quantitative estimate of drug-likeness (QED) is 0.424. The van der Waals surface area contributed by atoms with Crippen LogP contribution in [0.2, 0.25) is 0 Å². The first-order valence-corrected chi connectivity index (χ1v) is 12.2. The maximum atomic E-state index is 13.6. The van der Waals surface area contributed by atoms with Crippen molar-refractivity contribution in [1.82, 2.24) is 19.9 Å². The highest BCUT2D eigenvalue weighted by molar-refractivity contribution is 5.97. The minimum absolute atomic E-state index is 0.0446. The largest absolute Gasteiger partial charge is 0.457 e. The Morgan fingerprint density at radius 1 is 1.11 bits per heavy atom. The van der Waals surface area contributed by atoms with Gasteiger partial charge in [0.2, 0.25) is 5.91 Å². The summed E-state index contributed by atoms with van der Waals surface area (Å²) in [6, 6.07) is 19.6. The van der Waals surface area contributed by atoms with Gasteiger partial charge in [-0.1, -0.05) is 37.3 Å². The van der Waals surface area contributed by atoms with Gasteiger partial charge >= 0.3 is 0 Å². The van der Waals surface area contributed by atoms with Crippen molar-refractivity contribution < 1.29 is 9.53 Å². The number of anilines is 1. The Morgan fingerprint density at radius 3 is 2.71 bits per heavy atom. The molecule has 1 aliphatic rings. The van der Waals surface area contributed by atoms with Crippen LogP contribution in [0.5, 0.6) is 11.5 Å². The van der Waals surface area contributed by atoms with E-state index in [0.29, 0.717) is 23.4 Å². The smallest absolute Gasteiger partial charge is 0.239 e. The molecule has 1 aliphatic heterocycles. The van der Waals surface area contributed by atoms with Gasteiger partial charge in [-0.3, -0.25) is 9.36 Å². The lowest BCUT2D eigenvalue weighted by Crippen LogP contribution is -2.49. The molecule has 7 nitrogen and oxygen atoms in total. The number of ether oxygens (including phenoxy) is 1. The lowest BCUT2D eigenvalue weighted by Gasteiger charge is -2.37. The second kappa shape index (κ2) is 9.88. The molecule has 180 valence electrons. The van der Waals surface area contributed by atoms with E-state index in [1.807, 2.05) is 73.8 Å². The fraction of sp³-hybridized carbons (Fsp3) is 0.321. The van der Waals surface area contributed by atoms with Crippen LogP contribution in [-0.2, 0) is 0 Å². The summed E-state index contributed by atoms with van der Waals surface area (Å²) in [5.41, 5.74) is 1.52. The van der Waals surface area contributed by atoms with E-state index in [9.17, 15) is 4.79 Å². The molecule has 2 aromatic heterocycles. The fourth-order valence-electron chi connectivity index (χ4n) is 4.87. The molecule has 0 amide bonds. The van der Waals surface area contributed by atoms with Crippen molar-refractivity contribution in [2.75, 3.05) is 25.0 Å². The number of benzene rings is 2. The summed E-state index contributed by atoms with van der Waals surface area (Å²) in [4.78, 5) is 24.9. The lowest BCUT2D eigenvalue weighted by molar-refractivity contribution is 0.0889. The van der Waals surface area contributed by atoms with Crippen molar-refractivity contribution in [2.45, 2.75) is 32.2 Å². The molecule has 0 bridgehead atoms. The SMILES string of the molecule is CC(C(=O)n1ccc2c(N(C)[C@H]3CNCC[C@H]3C)ncnc21)c1cccc(Oc2ccccc2)c1. The normalized spacial score (nSPS) is 18.8. The fourth-order valence-corrected chi connectivity index (χ4v) is 4.87. The van der Waals surface area contributed by atoms with Gasteiger partial charge in [0.15, 0.2) is 5.65 Å². The van der Waals surface area contributed by atoms with Gasteiger partial charge in [0.25, 0.3) is 0 Å². The summed E-state index contributed by atoms with van der Waals surface area (Å²) in [5, 5.41) is 4.37. The summed E-state index contributed by atoms with van der Waals surface area (Å²) in [5.74, 6) is 2.46. The Bertz CT molecular complexity index is 1320. The van der Waals surface area contributed by atoms with E-state index in [0.717, 1.165) is 42.0 Å². The van der Waals surface area contributed by atoms with Crippen LogP contribution in [0.4, 0.5) is 5.82 Å². The third-order valence-corrected chi connectivity index (χ3v) is 7.02. The Morgan fingerprint density at radius 2 is 1.91 bits per heavy atom. The molecular weight excluding hydrogens is 438 g/mol. The van der Waals surface area contributed by atoms with Crippen LogP contribution in [0.3, 0.4) is 0 Å². The average molecular weight is 470 g/mol. The van der Waals surface area contributed by atoms with Gasteiger partial charge in [0.1, 0.15) is 23.6 Å². The van der Waals surface area contributed by atoms with Gasteiger partial charge in [0.05, 0.1) is 11.3 Å². The topological polar surface area (TPSA) is 72.3 Å². The Kier molecular flexibility index (Phi) is 6.51. The molecule has 0 saturated carbocycles. The minimum atomic E-state index is -0.372. The summed E-state index contributed by atoms with van der Waals surface area (Å²) in [6.07, 6.45) is 4.49. The number of hydrogen-bond acceptors (Lipinski definition) is 6. The highest BCUT2D eigenvalue weighted by Gasteiger charge is 2.28. The third-order valence-electron chi connectivity index (χ3n) is 7.02. The average Bonchev–Trinajstić information content (AvgIpc) is 3.33. The van der Waals surface area contributed by atoms with Crippen LogP contribution >= 0.6 is 0 Å². The maximum absolute atomic E-state index is 13.6. The van der Waals surface area contributed by atoms with Gasteiger partial charge in [-0.2, -0.15) is 0 Å². The number of nitrogens with zero attached hydrogens (tertiary/aromatic N) is 4. The van der Waals surface area contributed by atoms with E-state index in [4.69, 9.17) is 4.74 Å². The molecule has 2 aromatic carbocycles. The molecule has 5 rings (SSSR count). The first-order chi connectivity index (χ1) is 17.0. The maximum Gasteiger partial charge on any atom is 0.239 e. The van der Waals surface area contributed by atoms with Gasteiger partial charge < -0.3 is 15.0 Å². The van der Waals surface area contributed by atoms with Gasteiger partial charge in [0, 0.05) is 25.8 Å². The summed E-state index contributed by atoms with van der Waals surface area (Å²) in [7, 11) is 2.08. The Hall–Kier alpha value is -3.71. The number of aromatic nitrogens is 3. The molecule has 0 radical (unpaired) electrons. The molecule has 3 heterocycles. The molecule has 1 N–H and O–H groups in total. The van der Waals surface area contributed by atoms with Crippen molar-refractivity contribution >= 4 is 22.8 Å². The molecule has 0 aliphatic carbocycles. The molecule has 1 unspecified atom stereocenters. The number of likely N-dealkylation sites (N-methyl/N-ethyl adjacent to an activating group) is 1. The van der Waals surface area contributed by atoms with Crippen LogP contribution in [0.25, 0.3) is 11.0 Å². The number of hydrogen-bond donors (Lipinski definition) is 1. The van der Waals surface area contributed by atoms with E-state index in [1.54, 1.807) is 10.9 Å². The van der Waals surface area contributed by atoms with Crippen molar-refractivity contribution in [2.24, 2.45) is 5.92 Å². The predicted octanol–water partition coefficient (Wildman–Crippen LogP) is 5.10. The number of fused-ring (bicyclic) bond motifs is 1. The third kappa shape index (κ3) is 4.64. The Labute approximate surface area is 205 Å². The van der Waals surface area contributed by atoms with Gasteiger partial charge in [-0.05, 0) is 61.7 Å². The van der Waals surface area contributed by atoms with E-state index >= 15 is 0 Å². The lowest BCUT2D eigenvalue weighted by atomic mass is 9.93. The summed E-state index contributed by atoms with van der Waals surface area (Å²) < 4.78 is 7.61. The number of carbonyl (C=O) groups excluding carboxylic acids is 1. The van der Waals surface area contributed by atoms with Crippen molar-refractivity contribution in [3.8, 4) is 11.5 Å². The monoisotopic (exact) mass is 469 g/mol.